The molecule has 6 heteroatoms. The summed E-state index contributed by atoms with van der Waals surface area (Å²) in [6.45, 7) is 7.21. The van der Waals surface area contributed by atoms with Crippen molar-refractivity contribution in [2.45, 2.75) is 52.3 Å². The van der Waals surface area contributed by atoms with E-state index in [0.717, 1.165) is 17.5 Å². The van der Waals surface area contributed by atoms with Crippen LogP contribution in [0, 0.1) is 0 Å². The van der Waals surface area contributed by atoms with Gasteiger partial charge >= 0.3 is 0 Å². The molecule has 0 aliphatic rings. The molecule has 2 rings (SSSR count). The largest absolute Gasteiger partial charge is 0.379 e. The zero-order valence-corrected chi connectivity index (χ0v) is 18.7. The highest BCUT2D eigenvalue weighted by atomic mass is 35.5. The molecule has 0 spiro atoms. The minimum atomic E-state index is -0.587. The molecule has 162 valence electrons. The zero-order valence-electron chi connectivity index (χ0n) is 17.9. The van der Waals surface area contributed by atoms with Crippen LogP contribution in [0.5, 0.6) is 0 Å². The van der Waals surface area contributed by atoms with E-state index in [1.807, 2.05) is 56.3 Å². The van der Waals surface area contributed by atoms with Gasteiger partial charge in [-0.1, -0.05) is 54.1 Å². The Kier molecular flexibility index (Phi) is 9.84. The molecule has 0 aromatic heterocycles. The summed E-state index contributed by atoms with van der Waals surface area (Å²) in [6.07, 6.45) is 1.12. The molecule has 0 unspecified atom stereocenters. The first-order valence-corrected chi connectivity index (χ1v) is 10.7. The Morgan fingerprint density at radius 2 is 1.67 bits per heavy atom. The summed E-state index contributed by atoms with van der Waals surface area (Å²) < 4.78 is 5.50. The van der Waals surface area contributed by atoms with Crippen molar-refractivity contribution in [2.75, 3.05) is 13.2 Å². The van der Waals surface area contributed by atoms with Crippen molar-refractivity contribution in [3.05, 3.63) is 70.7 Å². The number of hydrogen-bond donors (Lipinski definition) is 1. The molecule has 2 aromatic rings. The standard InChI is InChI=1S/C24H31ClN2O3/c1-18(2)30-15-7-14-26-24(29)19(3)27(17-21-8-5-4-6-9-21)23(28)16-20-10-12-22(25)13-11-20/h4-6,8-13,18-19H,7,14-17H2,1-3H3,(H,26,29)/t19-/m1/s1. The third-order valence-corrected chi connectivity index (χ3v) is 4.96. The molecular formula is C24H31ClN2O3. The SMILES string of the molecule is CC(C)OCCCNC(=O)[C@@H](C)N(Cc1ccccc1)C(=O)Cc1ccc(Cl)cc1. The maximum atomic E-state index is 13.1. The maximum absolute atomic E-state index is 13.1. The van der Waals surface area contributed by atoms with Crippen LogP contribution in [0.3, 0.4) is 0 Å². The van der Waals surface area contributed by atoms with Crippen LogP contribution >= 0.6 is 11.6 Å². The molecule has 1 atom stereocenters. The Morgan fingerprint density at radius 1 is 1.00 bits per heavy atom. The van der Waals surface area contributed by atoms with E-state index in [4.69, 9.17) is 16.3 Å². The third kappa shape index (κ3) is 8.17. The predicted octanol–water partition coefficient (Wildman–Crippen LogP) is 4.23. The number of benzene rings is 2. The molecule has 0 aliphatic heterocycles. The van der Waals surface area contributed by atoms with Crippen molar-refractivity contribution in [3.8, 4) is 0 Å². The van der Waals surface area contributed by atoms with E-state index in [-0.39, 0.29) is 24.3 Å². The molecular weight excluding hydrogens is 400 g/mol. The average molecular weight is 431 g/mol. The first kappa shape index (κ1) is 23.9. The fourth-order valence-electron chi connectivity index (χ4n) is 2.99. The highest BCUT2D eigenvalue weighted by Crippen LogP contribution is 2.14. The van der Waals surface area contributed by atoms with Crippen LogP contribution in [-0.4, -0.2) is 42.0 Å². The van der Waals surface area contributed by atoms with Crippen LogP contribution in [0.4, 0.5) is 0 Å². The van der Waals surface area contributed by atoms with Crippen molar-refractivity contribution in [3.63, 3.8) is 0 Å². The molecule has 0 bridgehead atoms. The van der Waals surface area contributed by atoms with Crippen molar-refractivity contribution >= 4 is 23.4 Å². The van der Waals surface area contributed by atoms with Gasteiger partial charge in [-0.2, -0.15) is 0 Å². The summed E-state index contributed by atoms with van der Waals surface area (Å²) in [5, 5.41) is 3.54. The van der Waals surface area contributed by atoms with E-state index in [1.165, 1.54) is 0 Å². The van der Waals surface area contributed by atoms with E-state index in [2.05, 4.69) is 5.32 Å². The van der Waals surface area contributed by atoms with Crippen LogP contribution in [0.1, 0.15) is 38.3 Å². The normalized spacial score (nSPS) is 11.9. The first-order chi connectivity index (χ1) is 14.4. The summed E-state index contributed by atoms with van der Waals surface area (Å²) in [5.41, 5.74) is 1.84. The van der Waals surface area contributed by atoms with Crippen molar-refractivity contribution in [2.24, 2.45) is 0 Å². The van der Waals surface area contributed by atoms with Crippen molar-refractivity contribution in [1.82, 2.24) is 10.2 Å². The van der Waals surface area contributed by atoms with Crippen LogP contribution < -0.4 is 5.32 Å². The molecule has 0 heterocycles. The number of carbonyl (C=O) groups is 2. The highest BCUT2D eigenvalue weighted by molar-refractivity contribution is 6.30. The lowest BCUT2D eigenvalue weighted by atomic mass is 10.1. The smallest absolute Gasteiger partial charge is 0.242 e. The number of ether oxygens (including phenoxy) is 1. The van der Waals surface area contributed by atoms with Gasteiger partial charge in [0.25, 0.3) is 0 Å². The molecule has 2 aromatic carbocycles. The summed E-state index contributed by atoms with van der Waals surface area (Å²) >= 11 is 5.94. The summed E-state index contributed by atoms with van der Waals surface area (Å²) in [6, 6.07) is 16.3. The number of nitrogens with zero attached hydrogens (tertiary/aromatic N) is 1. The lowest BCUT2D eigenvalue weighted by Crippen LogP contribution is -2.48. The third-order valence-electron chi connectivity index (χ3n) is 4.70. The molecule has 0 saturated carbocycles. The number of halogens is 1. The molecule has 0 saturated heterocycles. The fourth-order valence-corrected chi connectivity index (χ4v) is 3.12. The topological polar surface area (TPSA) is 58.6 Å². The van der Waals surface area contributed by atoms with Crippen LogP contribution in [0.25, 0.3) is 0 Å². The Balaban J connectivity index is 2.03. The molecule has 0 radical (unpaired) electrons. The summed E-state index contributed by atoms with van der Waals surface area (Å²) in [7, 11) is 0. The van der Waals surface area contributed by atoms with Crippen LogP contribution in [-0.2, 0) is 27.3 Å². The van der Waals surface area contributed by atoms with Gasteiger partial charge in [-0.15, -0.1) is 0 Å². The number of amides is 2. The monoisotopic (exact) mass is 430 g/mol. The molecule has 0 aliphatic carbocycles. The van der Waals surface area contributed by atoms with E-state index in [9.17, 15) is 9.59 Å². The summed E-state index contributed by atoms with van der Waals surface area (Å²) in [4.78, 5) is 27.4. The Bertz CT molecular complexity index is 794. The molecule has 5 nitrogen and oxygen atoms in total. The molecule has 1 N–H and O–H groups in total. The van der Waals surface area contributed by atoms with Gasteiger partial charge in [0.05, 0.1) is 12.5 Å². The van der Waals surface area contributed by atoms with Gasteiger partial charge in [0, 0.05) is 24.7 Å². The lowest BCUT2D eigenvalue weighted by molar-refractivity contribution is -0.140. The van der Waals surface area contributed by atoms with Gasteiger partial charge in [0.1, 0.15) is 6.04 Å². The quantitative estimate of drug-likeness (QED) is 0.542. The van der Waals surface area contributed by atoms with Crippen molar-refractivity contribution < 1.29 is 14.3 Å². The Hall–Kier alpha value is -2.37. The predicted molar refractivity (Wildman–Crippen MR) is 120 cm³/mol. The maximum Gasteiger partial charge on any atom is 0.242 e. The van der Waals surface area contributed by atoms with Gasteiger partial charge in [0.2, 0.25) is 11.8 Å². The van der Waals surface area contributed by atoms with Gasteiger partial charge in [-0.25, -0.2) is 0 Å². The second kappa shape index (κ2) is 12.4. The van der Waals surface area contributed by atoms with Gasteiger partial charge in [0.15, 0.2) is 0 Å². The zero-order chi connectivity index (χ0) is 21.9. The first-order valence-electron chi connectivity index (χ1n) is 10.3. The Labute approximate surface area is 184 Å². The van der Waals surface area contributed by atoms with Gasteiger partial charge < -0.3 is 15.0 Å². The van der Waals surface area contributed by atoms with Crippen LogP contribution in [0.2, 0.25) is 5.02 Å². The van der Waals surface area contributed by atoms with Crippen molar-refractivity contribution in [1.29, 1.82) is 0 Å². The molecule has 0 fully saturated rings. The number of nitrogens with one attached hydrogen (secondary N) is 1. The van der Waals surface area contributed by atoms with Gasteiger partial charge in [-0.3, -0.25) is 9.59 Å². The minimum absolute atomic E-state index is 0.105. The highest BCUT2D eigenvalue weighted by Gasteiger charge is 2.26. The number of hydrogen-bond acceptors (Lipinski definition) is 3. The molecule has 2 amide bonds. The second-order valence-corrected chi connectivity index (χ2v) is 7.99. The minimum Gasteiger partial charge on any atom is -0.379 e. The van der Waals surface area contributed by atoms with E-state index >= 15 is 0 Å². The second-order valence-electron chi connectivity index (χ2n) is 7.55. The fraction of sp³-hybridized carbons (Fsp3) is 0.417. The number of rotatable bonds is 11. The average Bonchev–Trinajstić information content (AvgIpc) is 2.73. The van der Waals surface area contributed by atoms with Crippen LogP contribution in [0.15, 0.2) is 54.6 Å². The van der Waals surface area contributed by atoms with E-state index in [0.29, 0.717) is 24.7 Å². The van der Waals surface area contributed by atoms with E-state index in [1.54, 1.807) is 24.0 Å². The lowest BCUT2D eigenvalue weighted by Gasteiger charge is -2.29. The Morgan fingerprint density at radius 3 is 2.30 bits per heavy atom. The molecule has 30 heavy (non-hydrogen) atoms. The number of carbonyl (C=O) groups excluding carboxylic acids is 2. The summed E-state index contributed by atoms with van der Waals surface area (Å²) in [5.74, 6) is -0.271. The van der Waals surface area contributed by atoms with E-state index < -0.39 is 6.04 Å². The van der Waals surface area contributed by atoms with Gasteiger partial charge in [-0.05, 0) is 50.5 Å².